The topological polar surface area (TPSA) is 110 Å². The van der Waals surface area contributed by atoms with Gasteiger partial charge < -0.3 is 15.6 Å². The minimum absolute atomic E-state index is 0.183. The first-order valence-corrected chi connectivity index (χ1v) is 8.80. The number of para-hydroxylation sites is 2. The van der Waals surface area contributed by atoms with Crippen LogP contribution >= 0.6 is 0 Å². The van der Waals surface area contributed by atoms with E-state index in [1.807, 2.05) is 24.3 Å². The van der Waals surface area contributed by atoms with Crippen LogP contribution in [0, 0.1) is 0 Å². The standard InChI is InChI=1S/C17H21N7O2/c25-16(14-11-24(22-21-14)12-5-7-18-8-6-12)19-9-10-23-15-4-2-1-3-13(15)20-17(23)26/h1-4,11-12,18H,5-10H2,(H,19,25)(H,20,26). The highest BCUT2D eigenvalue weighted by Crippen LogP contribution is 2.17. The summed E-state index contributed by atoms with van der Waals surface area (Å²) in [6, 6.07) is 7.76. The van der Waals surface area contributed by atoms with Gasteiger partial charge in [0.2, 0.25) is 0 Å². The van der Waals surface area contributed by atoms with Crippen LogP contribution < -0.4 is 16.3 Å². The Balaban J connectivity index is 1.37. The molecular formula is C17H21N7O2. The van der Waals surface area contributed by atoms with Crippen LogP contribution in [0.2, 0.25) is 0 Å². The fourth-order valence-corrected chi connectivity index (χ4v) is 3.33. The van der Waals surface area contributed by atoms with Crippen molar-refractivity contribution in [1.82, 2.24) is 35.2 Å². The number of fused-ring (bicyclic) bond motifs is 1. The van der Waals surface area contributed by atoms with Crippen molar-refractivity contribution in [3.05, 3.63) is 46.6 Å². The molecule has 0 radical (unpaired) electrons. The van der Waals surface area contributed by atoms with Crippen LogP contribution in [-0.2, 0) is 6.54 Å². The Labute approximate surface area is 149 Å². The number of hydrogen-bond donors (Lipinski definition) is 3. The molecule has 0 bridgehead atoms. The lowest BCUT2D eigenvalue weighted by Gasteiger charge is -2.22. The van der Waals surface area contributed by atoms with Crippen molar-refractivity contribution in [3.8, 4) is 0 Å². The van der Waals surface area contributed by atoms with E-state index in [0.717, 1.165) is 37.0 Å². The van der Waals surface area contributed by atoms with Crippen molar-refractivity contribution < 1.29 is 4.79 Å². The number of aromatic nitrogens is 5. The molecule has 136 valence electrons. The van der Waals surface area contributed by atoms with E-state index in [1.54, 1.807) is 15.4 Å². The summed E-state index contributed by atoms with van der Waals surface area (Å²) in [7, 11) is 0. The van der Waals surface area contributed by atoms with E-state index in [-0.39, 0.29) is 17.6 Å². The molecule has 2 aromatic heterocycles. The lowest BCUT2D eigenvalue weighted by atomic mass is 10.1. The van der Waals surface area contributed by atoms with Crippen molar-refractivity contribution >= 4 is 16.9 Å². The number of hydrogen-bond acceptors (Lipinski definition) is 5. The molecule has 0 aliphatic carbocycles. The molecule has 3 aromatic rings. The van der Waals surface area contributed by atoms with Crippen LogP contribution in [0.1, 0.15) is 29.4 Å². The number of nitrogens with one attached hydrogen (secondary N) is 3. The van der Waals surface area contributed by atoms with Crippen molar-refractivity contribution in [1.29, 1.82) is 0 Å². The Kier molecular flexibility index (Phi) is 4.53. The Morgan fingerprint density at radius 3 is 2.92 bits per heavy atom. The zero-order valence-electron chi connectivity index (χ0n) is 14.3. The maximum absolute atomic E-state index is 12.3. The van der Waals surface area contributed by atoms with Gasteiger partial charge in [-0.3, -0.25) is 9.36 Å². The van der Waals surface area contributed by atoms with Crippen LogP contribution in [0.25, 0.3) is 11.0 Å². The average Bonchev–Trinajstić information content (AvgIpc) is 3.28. The van der Waals surface area contributed by atoms with Crippen LogP contribution in [0.3, 0.4) is 0 Å². The lowest BCUT2D eigenvalue weighted by Crippen LogP contribution is -2.30. The summed E-state index contributed by atoms with van der Waals surface area (Å²) in [5.41, 5.74) is 1.73. The first-order valence-electron chi connectivity index (χ1n) is 8.80. The molecule has 0 saturated carbocycles. The normalized spacial score (nSPS) is 15.4. The maximum atomic E-state index is 12.3. The number of aromatic amines is 1. The van der Waals surface area contributed by atoms with Crippen LogP contribution in [-0.4, -0.2) is 50.1 Å². The summed E-state index contributed by atoms with van der Waals surface area (Å²) in [6.45, 7) is 2.62. The van der Waals surface area contributed by atoms with Crippen LogP contribution in [0.5, 0.6) is 0 Å². The van der Waals surface area contributed by atoms with Gasteiger partial charge in [-0.2, -0.15) is 0 Å². The summed E-state index contributed by atoms with van der Waals surface area (Å²) in [5.74, 6) is -0.280. The Bertz CT molecular complexity index is 965. The van der Waals surface area contributed by atoms with E-state index >= 15 is 0 Å². The van der Waals surface area contributed by atoms with Crippen molar-refractivity contribution in [3.63, 3.8) is 0 Å². The molecule has 0 unspecified atom stereocenters. The molecule has 1 aliphatic rings. The smallest absolute Gasteiger partial charge is 0.326 e. The number of amides is 1. The molecule has 1 aromatic carbocycles. The Morgan fingerprint density at radius 2 is 2.08 bits per heavy atom. The molecule has 3 N–H and O–H groups in total. The Hall–Kier alpha value is -2.94. The molecule has 9 heteroatoms. The van der Waals surface area contributed by atoms with Gasteiger partial charge in [0.05, 0.1) is 23.3 Å². The molecule has 0 spiro atoms. The monoisotopic (exact) mass is 355 g/mol. The second kappa shape index (κ2) is 7.12. The molecule has 1 aliphatic heterocycles. The predicted molar refractivity (Wildman–Crippen MR) is 96.1 cm³/mol. The van der Waals surface area contributed by atoms with Gasteiger partial charge in [0.25, 0.3) is 5.91 Å². The SMILES string of the molecule is O=C(NCCn1c(=O)[nH]c2ccccc21)c1cn(C2CCNCC2)nn1. The average molecular weight is 355 g/mol. The summed E-state index contributed by atoms with van der Waals surface area (Å²) < 4.78 is 3.39. The minimum Gasteiger partial charge on any atom is -0.349 e. The molecule has 3 heterocycles. The molecular weight excluding hydrogens is 334 g/mol. The Morgan fingerprint density at radius 1 is 1.27 bits per heavy atom. The first-order chi connectivity index (χ1) is 12.7. The van der Waals surface area contributed by atoms with Gasteiger partial charge >= 0.3 is 5.69 Å². The third kappa shape index (κ3) is 3.25. The third-order valence-corrected chi connectivity index (χ3v) is 4.73. The van der Waals surface area contributed by atoms with Crippen LogP contribution in [0.4, 0.5) is 0 Å². The number of H-pyrrole nitrogens is 1. The molecule has 0 atom stereocenters. The van der Waals surface area contributed by atoms with Gasteiger partial charge in [0.1, 0.15) is 0 Å². The van der Waals surface area contributed by atoms with Crippen molar-refractivity contribution in [2.45, 2.75) is 25.4 Å². The number of carbonyl (C=O) groups is 1. The van der Waals surface area contributed by atoms with Crippen molar-refractivity contribution in [2.24, 2.45) is 0 Å². The quantitative estimate of drug-likeness (QED) is 0.609. The fourth-order valence-electron chi connectivity index (χ4n) is 3.33. The van der Waals surface area contributed by atoms with Gasteiger partial charge in [-0.25, -0.2) is 9.48 Å². The summed E-state index contributed by atoms with van der Waals surface area (Å²) in [5, 5.41) is 14.2. The molecule has 26 heavy (non-hydrogen) atoms. The van der Waals surface area contributed by atoms with Gasteiger partial charge in [-0.15, -0.1) is 5.10 Å². The predicted octanol–water partition coefficient (Wildman–Crippen LogP) is 0.276. The molecule has 1 fully saturated rings. The highest BCUT2D eigenvalue weighted by Gasteiger charge is 2.18. The highest BCUT2D eigenvalue weighted by molar-refractivity contribution is 5.91. The number of piperidine rings is 1. The molecule has 1 saturated heterocycles. The highest BCUT2D eigenvalue weighted by atomic mass is 16.2. The second-order valence-corrected chi connectivity index (χ2v) is 6.42. The molecule has 1 amide bonds. The van der Waals surface area contributed by atoms with E-state index < -0.39 is 0 Å². The fraction of sp³-hybridized carbons (Fsp3) is 0.412. The van der Waals surface area contributed by atoms with Gasteiger partial charge in [0.15, 0.2) is 5.69 Å². The van der Waals surface area contributed by atoms with E-state index in [2.05, 4.69) is 25.9 Å². The van der Waals surface area contributed by atoms with Gasteiger partial charge in [-0.1, -0.05) is 17.3 Å². The zero-order chi connectivity index (χ0) is 17.9. The number of benzene rings is 1. The summed E-state index contributed by atoms with van der Waals surface area (Å²) in [4.78, 5) is 27.1. The zero-order valence-corrected chi connectivity index (χ0v) is 14.3. The number of carbonyl (C=O) groups excluding carboxylic acids is 1. The number of rotatable bonds is 5. The number of nitrogens with zero attached hydrogens (tertiary/aromatic N) is 4. The van der Waals surface area contributed by atoms with Gasteiger partial charge in [0, 0.05) is 13.1 Å². The van der Waals surface area contributed by atoms with Crippen molar-refractivity contribution in [2.75, 3.05) is 19.6 Å². The van der Waals surface area contributed by atoms with E-state index in [0.29, 0.717) is 18.8 Å². The largest absolute Gasteiger partial charge is 0.349 e. The first kappa shape index (κ1) is 16.5. The number of imidazole rings is 1. The third-order valence-electron chi connectivity index (χ3n) is 4.73. The maximum Gasteiger partial charge on any atom is 0.326 e. The van der Waals surface area contributed by atoms with E-state index in [9.17, 15) is 9.59 Å². The lowest BCUT2D eigenvalue weighted by molar-refractivity contribution is 0.0947. The summed E-state index contributed by atoms with van der Waals surface area (Å²) >= 11 is 0. The molecule has 4 rings (SSSR count). The van der Waals surface area contributed by atoms with Gasteiger partial charge in [-0.05, 0) is 38.1 Å². The van der Waals surface area contributed by atoms with E-state index in [1.165, 1.54) is 0 Å². The molecule has 9 nitrogen and oxygen atoms in total. The van der Waals surface area contributed by atoms with E-state index in [4.69, 9.17) is 0 Å². The second-order valence-electron chi connectivity index (χ2n) is 6.42. The summed E-state index contributed by atoms with van der Waals surface area (Å²) in [6.07, 6.45) is 3.66. The minimum atomic E-state index is -0.280. The van der Waals surface area contributed by atoms with Crippen LogP contribution in [0.15, 0.2) is 35.3 Å².